The molecule has 0 radical (unpaired) electrons. The SMILES string of the molecule is CC(C)(C)OC(=O)N1CC(NC2Cc3ccc(Cl)cc3C2)C1. The zero-order valence-corrected chi connectivity index (χ0v) is 14.1. The van der Waals surface area contributed by atoms with Crippen LogP contribution >= 0.6 is 11.6 Å². The van der Waals surface area contributed by atoms with Crippen molar-refractivity contribution in [2.24, 2.45) is 0 Å². The van der Waals surface area contributed by atoms with Gasteiger partial charge in [0.05, 0.1) is 0 Å². The number of hydrogen-bond acceptors (Lipinski definition) is 3. The number of halogens is 1. The lowest BCUT2D eigenvalue weighted by atomic mass is 10.1. The fraction of sp³-hybridized carbons (Fsp3) is 0.588. The molecule has 1 N–H and O–H groups in total. The molecule has 1 atom stereocenters. The highest BCUT2D eigenvalue weighted by Crippen LogP contribution is 2.26. The van der Waals surface area contributed by atoms with E-state index < -0.39 is 5.60 Å². The van der Waals surface area contributed by atoms with Gasteiger partial charge in [0.15, 0.2) is 0 Å². The zero-order valence-electron chi connectivity index (χ0n) is 13.4. The van der Waals surface area contributed by atoms with Crippen LogP contribution in [0.5, 0.6) is 0 Å². The molecular formula is C17H23ClN2O2. The molecule has 120 valence electrons. The zero-order chi connectivity index (χ0) is 15.9. The molecule has 1 aliphatic heterocycles. The number of benzene rings is 1. The van der Waals surface area contributed by atoms with E-state index in [0.717, 1.165) is 31.0 Å². The fourth-order valence-corrected chi connectivity index (χ4v) is 3.29. The summed E-state index contributed by atoms with van der Waals surface area (Å²) in [5, 5.41) is 4.44. The molecule has 1 aromatic carbocycles. The van der Waals surface area contributed by atoms with E-state index in [2.05, 4.69) is 17.4 Å². The molecule has 1 saturated heterocycles. The smallest absolute Gasteiger partial charge is 0.410 e. The van der Waals surface area contributed by atoms with Crippen LogP contribution in [0.3, 0.4) is 0 Å². The van der Waals surface area contributed by atoms with Gasteiger partial charge in [0.1, 0.15) is 5.60 Å². The van der Waals surface area contributed by atoms with Gasteiger partial charge in [-0.05, 0) is 56.9 Å². The summed E-state index contributed by atoms with van der Waals surface area (Å²) >= 11 is 6.04. The molecule has 0 aromatic heterocycles. The van der Waals surface area contributed by atoms with E-state index >= 15 is 0 Å². The number of carbonyl (C=O) groups excluding carboxylic acids is 1. The van der Waals surface area contributed by atoms with Crippen molar-refractivity contribution < 1.29 is 9.53 Å². The van der Waals surface area contributed by atoms with Gasteiger partial charge in [-0.25, -0.2) is 4.79 Å². The minimum Gasteiger partial charge on any atom is -0.444 e. The molecule has 2 aliphatic rings. The Morgan fingerprint density at radius 1 is 1.23 bits per heavy atom. The summed E-state index contributed by atoms with van der Waals surface area (Å²) in [6.45, 7) is 7.12. The second-order valence-electron chi connectivity index (χ2n) is 7.27. The Morgan fingerprint density at radius 2 is 1.91 bits per heavy atom. The van der Waals surface area contributed by atoms with E-state index in [1.807, 2.05) is 26.8 Å². The van der Waals surface area contributed by atoms with Gasteiger partial charge in [0.25, 0.3) is 0 Å². The summed E-state index contributed by atoms with van der Waals surface area (Å²) in [6.07, 6.45) is 1.83. The first-order valence-electron chi connectivity index (χ1n) is 7.81. The number of likely N-dealkylation sites (tertiary alicyclic amines) is 1. The van der Waals surface area contributed by atoms with Crippen LogP contribution in [0.1, 0.15) is 31.9 Å². The lowest BCUT2D eigenvalue weighted by molar-refractivity contribution is 0.00426. The summed E-state index contributed by atoms with van der Waals surface area (Å²) in [5.41, 5.74) is 2.29. The molecule has 0 saturated carbocycles. The number of nitrogens with one attached hydrogen (secondary N) is 1. The average Bonchev–Trinajstić information content (AvgIpc) is 2.72. The molecule has 1 amide bonds. The number of ether oxygens (including phenoxy) is 1. The lowest BCUT2D eigenvalue weighted by Gasteiger charge is -2.41. The number of nitrogens with zero attached hydrogens (tertiary/aromatic N) is 1. The summed E-state index contributed by atoms with van der Waals surface area (Å²) in [7, 11) is 0. The molecule has 0 bridgehead atoms. The number of rotatable bonds is 2. The van der Waals surface area contributed by atoms with E-state index in [0.29, 0.717) is 12.1 Å². The van der Waals surface area contributed by atoms with E-state index in [1.54, 1.807) is 4.90 Å². The highest BCUT2D eigenvalue weighted by atomic mass is 35.5. The maximum Gasteiger partial charge on any atom is 0.410 e. The Morgan fingerprint density at radius 3 is 2.59 bits per heavy atom. The Bertz CT molecular complexity index is 577. The van der Waals surface area contributed by atoms with Gasteiger partial charge < -0.3 is 15.0 Å². The predicted octanol–water partition coefficient (Wildman–Crippen LogP) is 3.02. The van der Waals surface area contributed by atoms with Gasteiger partial charge in [-0.15, -0.1) is 0 Å². The van der Waals surface area contributed by atoms with E-state index in [-0.39, 0.29) is 6.09 Å². The first kappa shape index (κ1) is 15.6. The maximum absolute atomic E-state index is 11.9. The normalized spacial score (nSPS) is 21.5. The third kappa shape index (κ3) is 3.55. The average molecular weight is 323 g/mol. The van der Waals surface area contributed by atoms with Crippen LogP contribution in [0.2, 0.25) is 5.02 Å². The van der Waals surface area contributed by atoms with Gasteiger partial charge in [-0.2, -0.15) is 0 Å². The Labute approximate surface area is 136 Å². The molecule has 4 nitrogen and oxygen atoms in total. The number of amides is 1. The van der Waals surface area contributed by atoms with Crippen LogP contribution in [-0.2, 0) is 17.6 Å². The van der Waals surface area contributed by atoms with E-state index in [4.69, 9.17) is 16.3 Å². The van der Waals surface area contributed by atoms with Crippen LogP contribution in [0.25, 0.3) is 0 Å². The van der Waals surface area contributed by atoms with Crippen LogP contribution in [-0.4, -0.2) is 41.8 Å². The fourth-order valence-electron chi connectivity index (χ4n) is 3.10. The van der Waals surface area contributed by atoms with Crippen molar-refractivity contribution in [2.75, 3.05) is 13.1 Å². The van der Waals surface area contributed by atoms with Crippen LogP contribution < -0.4 is 5.32 Å². The van der Waals surface area contributed by atoms with Crippen molar-refractivity contribution in [2.45, 2.75) is 51.3 Å². The lowest BCUT2D eigenvalue weighted by Crippen LogP contribution is -2.62. The molecule has 5 heteroatoms. The largest absolute Gasteiger partial charge is 0.444 e. The Hall–Kier alpha value is -1.26. The van der Waals surface area contributed by atoms with Crippen molar-refractivity contribution in [3.63, 3.8) is 0 Å². The van der Waals surface area contributed by atoms with Gasteiger partial charge in [0, 0.05) is 30.2 Å². The van der Waals surface area contributed by atoms with Gasteiger partial charge >= 0.3 is 6.09 Å². The van der Waals surface area contributed by atoms with E-state index in [1.165, 1.54) is 11.1 Å². The highest BCUT2D eigenvalue weighted by molar-refractivity contribution is 6.30. The molecule has 1 aliphatic carbocycles. The molecule has 1 fully saturated rings. The van der Waals surface area contributed by atoms with Crippen molar-refractivity contribution in [1.29, 1.82) is 0 Å². The van der Waals surface area contributed by atoms with Crippen molar-refractivity contribution in [3.8, 4) is 0 Å². The quantitative estimate of drug-likeness (QED) is 0.910. The van der Waals surface area contributed by atoms with Gasteiger partial charge in [0.2, 0.25) is 0 Å². The van der Waals surface area contributed by atoms with Crippen molar-refractivity contribution >= 4 is 17.7 Å². The number of fused-ring (bicyclic) bond motifs is 1. The van der Waals surface area contributed by atoms with Crippen molar-refractivity contribution in [1.82, 2.24) is 10.2 Å². The topological polar surface area (TPSA) is 41.6 Å². The third-order valence-corrected chi connectivity index (χ3v) is 4.34. The first-order valence-corrected chi connectivity index (χ1v) is 8.19. The summed E-state index contributed by atoms with van der Waals surface area (Å²) in [4.78, 5) is 13.7. The first-order chi connectivity index (χ1) is 10.3. The molecule has 0 spiro atoms. The Kier molecular flexibility index (Phi) is 4.08. The minimum atomic E-state index is -0.429. The van der Waals surface area contributed by atoms with Crippen LogP contribution in [0.4, 0.5) is 4.79 Å². The van der Waals surface area contributed by atoms with Gasteiger partial charge in [-0.3, -0.25) is 0 Å². The summed E-state index contributed by atoms with van der Waals surface area (Å²) in [6, 6.07) is 6.94. The third-order valence-electron chi connectivity index (χ3n) is 4.11. The standard InChI is InChI=1S/C17H23ClN2O2/c1-17(2,3)22-16(21)20-9-15(10-20)19-14-7-11-4-5-13(18)6-12(11)8-14/h4-6,14-15,19H,7-10H2,1-3H3. The molecule has 22 heavy (non-hydrogen) atoms. The molecular weight excluding hydrogens is 300 g/mol. The molecule has 1 heterocycles. The molecule has 1 unspecified atom stereocenters. The summed E-state index contributed by atoms with van der Waals surface area (Å²) in [5.74, 6) is 0. The van der Waals surface area contributed by atoms with E-state index in [9.17, 15) is 4.79 Å². The second kappa shape index (κ2) is 5.74. The maximum atomic E-state index is 11.9. The van der Waals surface area contributed by atoms with Crippen LogP contribution in [0.15, 0.2) is 18.2 Å². The van der Waals surface area contributed by atoms with Gasteiger partial charge in [-0.1, -0.05) is 17.7 Å². The number of hydrogen-bond donors (Lipinski definition) is 1. The number of carbonyl (C=O) groups is 1. The molecule has 1 aromatic rings. The highest BCUT2D eigenvalue weighted by Gasteiger charge is 2.35. The molecule has 3 rings (SSSR count). The minimum absolute atomic E-state index is 0.216. The monoisotopic (exact) mass is 322 g/mol. The summed E-state index contributed by atoms with van der Waals surface area (Å²) < 4.78 is 5.37. The second-order valence-corrected chi connectivity index (χ2v) is 7.70. The Balaban J connectivity index is 1.45. The predicted molar refractivity (Wildman–Crippen MR) is 87.4 cm³/mol. The van der Waals surface area contributed by atoms with Crippen molar-refractivity contribution in [3.05, 3.63) is 34.3 Å². The van der Waals surface area contributed by atoms with Crippen LogP contribution in [0, 0.1) is 0 Å².